The van der Waals surface area contributed by atoms with Crippen molar-refractivity contribution in [3.8, 4) is 11.4 Å². The van der Waals surface area contributed by atoms with E-state index in [1.165, 1.54) is 12.4 Å². The second-order valence-electron chi connectivity index (χ2n) is 10.1. The van der Waals surface area contributed by atoms with E-state index in [0.717, 1.165) is 16.7 Å². The maximum atomic E-state index is 12.1. The summed E-state index contributed by atoms with van der Waals surface area (Å²) < 4.78 is 27.8. The Balaban J connectivity index is 1.30. The Hall–Kier alpha value is -4.41. The normalized spacial score (nSPS) is 20.1. The molecule has 214 valence electrons. The lowest BCUT2D eigenvalue weighted by molar-refractivity contribution is -0.0915. The van der Waals surface area contributed by atoms with Gasteiger partial charge in [0.15, 0.2) is 6.23 Å². The van der Waals surface area contributed by atoms with Crippen LogP contribution in [0.15, 0.2) is 121 Å². The molecule has 2 aromatic heterocycles. The van der Waals surface area contributed by atoms with Gasteiger partial charge in [-0.3, -0.25) is 9.36 Å². The maximum absolute atomic E-state index is 12.1. The summed E-state index contributed by atoms with van der Waals surface area (Å²) in [7, 11) is 0. The molecule has 1 saturated heterocycles. The van der Waals surface area contributed by atoms with Crippen molar-refractivity contribution in [1.82, 2.24) is 19.5 Å². The lowest BCUT2D eigenvalue weighted by Gasteiger charge is -2.26. The molecule has 6 rings (SSSR count). The van der Waals surface area contributed by atoms with E-state index in [1.54, 1.807) is 12.5 Å². The first-order valence-electron chi connectivity index (χ1n) is 13.9. The number of nitrogens with one attached hydrogen (secondary N) is 1. The van der Waals surface area contributed by atoms with Gasteiger partial charge < -0.3 is 23.9 Å². The summed E-state index contributed by atoms with van der Waals surface area (Å²) in [6.07, 6.45) is 2.68. The van der Waals surface area contributed by atoms with Crippen LogP contribution >= 0.6 is 0 Å². The number of ether oxygens (including phenoxy) is 4. The first-order chi connectivity index (χ1) is 20.7. The van der Waals surface area contributed by atoms with Gasteiger partial charge in [0.25, 0.3) is 5.56 Å². The highest BCUT2D eigenvalue weighted by molar-refractivity contribution is 5.52. The minimum atomic E-state index is -0.613. The fourth-order valence-corrected chi connectivity index (χ4v) is 5.06. The zero-order valence-corrected chi connectivity index (χ0v) is 23.0. The quantitative estimate of drug-likeness (QED) is 0.230. The zero-order chi connectivity index (χ0) is 28.6. The number of benzene rings is 3. The van der Waals surface area contributed by atoms with Crippen molar-refractivity contribution >= 4 is 0 Å². The van der Waals surface area contributed by atoms with Crippen LogP contribution in [0.5, 0.6) is 0 Å². The van der Waals surface area contributed by atoms with Gasteiger partial charge in [-0.2, -0.15) is 0 Å². The molecule has 0 amide bonds. The Labute approximate surface area is 243 Å². The van der Waals surface area contributed by atoms with Crippen molar-refractivity contribution in [2.45, 2.75) is 44.4 Å². The molecule has 0 bridgehead atoms. The molecule has 0 aliphatic carbocycles. The molecule has 0 radical (unpaired) electrons. The third-order valence-corrected chi connectivity index (χ3v) is 7.13. The minimum absolute atomic E-state index is 0.256. The van der Waals surface area contributed by atoms with Crippen LogP contribution in [0.4, 0.5) is 0 Å². The summed E-state index contributed by atoms with van der Waals surface area (Å²) >= 11 is 0. The Bertz CT molecular complexity index is 1590. The molecule has 3 aromatic carbocycles. The molecule has 1 N–H and O–H groups in total. The van der Waals surface area contributed by atoms with Crippen molar-refractivity contribution in [3.05, 3.63) is 143 Å². The second kappa shape index (κ2) is 13.5. The van der Waals surface area contributed by atoms with E-state index in [4.69, 9.17) is 18.9 Å². The molecule has 3 heterocycles. The van der Waals surface area contributed by atoms with Crippen LogP contribution in [0.2, 0.25) is 0 Å². The fraction of sp³-hybridized carbons (Fsp3) is 0.242. The predicted molar refractivity (Wildman–Crippen MR) is 156 cm³/mol. The highest BCUT2D eigenvalue weighted by atomic mass is 16.6. The Morgan fingerprint density at radius 3 is 2.00 bits per heavy atom. The van der Waals surface area contributed by atoms with Gasteiger partial charge in [-0.1, -0.05) is 91.0 Å². The van der Waals surface area contributed by atoms with Gasteiger partial charge in [0.2, 0.25) is 0 Å². The molecule has 0 saturated carbocycles. The number of nitrogens with zero attached hydrogens (tertiary/aromatic N) is 3. The van der Waals surface area contributed by atoms with Gasteiger partial charge in [0, 0.05) is 6.07 Å². The molecule has 9 heteroatoms. The van der Waals surface area contributed by atoms with E-state index in [0.29, 0.717) is 37.8 Å². The van der Waals surface area contributed by atoms with Crippen molar-refractivity contribution in [1.29, 1.82) is 0 Å². The van der Waals surface area contributed by atoms with Gasteiger partial charge >= 0.3 is 0 Å². The topological polar surface area (TPSA) is 100 Å². The van der Waals surface area contributed by atoms with E-state index >= 15 is 0 Å². The van der Waals surface area contributed by atoms with Crippen molar-refractivity contribution in [3.63, 3.8) is 0 Å². The smallest absolute Gasteiger partial charge is 0.251 e. The number of hydrogen-bond donors (Lipinski definition) is 1. The van der Waals surface area contributed by atoms with Gasteiger partial charge in [0.05, 0.1) is 56.7 Å². The van der Waals surface area contributed by atoms with E-state index in [1.807, 2.05) is 95.6 Å². The maximum Gasteiger partial charge on any atom is 0.251 e. The third-order valence-electron chi connectivity index (χ3n) is 7.13. The lowest BCUT2D eigenvalue weighted by Crippen LogP contribution is -2.38. The molecular weight excluding hydrogens is 532 g/mol. The van der Waals surface area contributed by atoms with Crippen molar-refractivity contribution < 1.29 is 18.9 Å². The average Bonchev–Trinajstić information content (AvgIpc) is 3.65. The highest BCUT2D eigenvalue weighted by Gasteiger charge is 2.48. The van der Waals surface area contributed by atoms with E-state index in [2.05, 4.69) is 15.0 Å². The van der Waals surface area contributed by atoms with E-state index in [9.17, 15) is 4.79 Å². The first kappa shape index (κ1) is 27.7. The van der Waals surface area contributed by atoms with Crippen LogP contribution in [-0.4, -0.2) is 44.4 Å². The summed E-state index contributed by atoms with van der Waals surface area (Å²) in [5.41, 5.74) is 4.00. The van der Waals surface area contributed by atoms with Crippen LogP contribution in [0.3, 0.4) is 0 Å². The fourth-order valence-electron chi connectivity index (χ4n) is 5.06. The number of imidazole rings is 1. The third kappa shape index (κ3) is 6.72. The number of rotatable bonds is 12. The molecule has 1 aliphatic heterocycles. The molecular formula is C33H32N4O5. The van der Waals surface area contributed by atoms with Crippen molar-refractivity contribution in [2.75, 3.05) is 6.61 Å². The van der Waals surface area contributed by atoms with Gasteiger partial charge in [-0.25, -0.2) is 9.97 Å². The monoisotopic (exact) mass is 564 g/mol. The molecule has 5 aromatic rings. The summed E-state index contributed by atoms with van der Waals surface area (Å²) in [5, 5.41) is 0. The first-order valence-corrected chi connectivity index (χ1v) is 13.9. The summed E-state index contributed by atoms with van der Waals surface area (Å²) in [6, 6.07) is 31.5. The number of aromatic amines is 1. The summed E-state index contributed by atoms with van der Waals surface area (Å²) in [4.78, 5) is 23.4. The van der Waals surface area contributed by atoms with Crippen molar-refractivity contribution in [2.24, 2.45) is 0 Å². The number of aromatic nitrogens is 4. The van der Waals surface area contributed by atoms with Gasteiger partial charge in [-0.15, -0.1) is 0 Å². The Morgan fingerprint density at radius 2 is 1.38 bits per heavy atom. The predicted octanol–water partition coefficient (Wildman–Crippen LogP) is 4.92. The average molecular weight is 565 g/mol. The lowest BCUT2D eigenvalue weighted by atomic mass is 10.1. The Morgan fingerprint density at radius 1 is 0.786 bits per heavy atom. The highest BCUT2D eigenvalue weighted by Crippen LogP contribution is 2.37. The minimum Gasteiger partial charge on any atom is -0.374 e. The van der Waals surface area contributed by atoms with Gasteiger partial charge in [-0.05, 0) is 16.7 Å². The number of hydrogen-bond acceptors (Lipinski definition) is 7. The van der Waals surface area contributed by atoms with Crippen LogP contribution < -0.4 is 5.56 Å². The molecule has 9 nitrogen and oxygen atoms in total. The van der Waals surface area contributed by atoms with E-state index < -0.39 is 24.5 Å². The zero-order valence-electron chi connectivity index (χ0n) is 23.0. The summed E-state index contributed by atoms with van der Waals surface area (Å²) in [5.74, 6) is 0. The van der Waals surface area contributed by atoms with E-state index in [-0.39, 0.29) is 5.56 Å². The van der Waals surface area contributed by atoms with Gasteiger partial charge in [0.1, 0.15) is 18.3 Å². The van der Waals surface area contributed by atoms with Crippen LogP contribution in [-0.2, 0) is 38.8 Å². The van der Waals surface area contributed by atoms with Crippen LogP contribution in [0.25, 0.3) is 11.4 Å². The molecule has 4 atom stereocenters. The summed E-state index contributed by atoms with van der Waals surface area (Å²) in [6.45, 7) is 1.48. The number of H-pyrrole nitrogens is 1. The molecule has 42 heavy (non-hydrogen) atoms. The largest absolute Gasteiger partial charge is 0.374 e. The van der Waals surface area contributed by atoms with Crippen LogP contribution in [0, 0.1) is 0 Å². The molecule has 1 fully saturated rings. The molecule has 0 unspecified atom stereocenters. The molecule has 1 aliphatic rings. The van der Waals surface area contributed by atoms with Crippen LogP contribution in [0.1, 0.15) is 22.9 Å². The molecule has 0 spiro atoms. The second-order valence-corrected chi connectivity index (χ2v) is 10.1. The Kier molecular flexibility index (Phi) is 8.92. The standard InChI is InChI=1S/C33H32N4O5/c38-30-16-27(35-22-36-30)28-17-34-23-37(28)33-32(41-20-26-14-8-3-9-15-26)31(40-19-25-12-6-2-7-13-25)29(42-33)21-39-18-24-10-4-1-5-11-24/h1-17,22-23,29,31-33H,18-21H2,(H,35,36,38)/t29-,31-,32-,33-/m1/s1. The SMILES string of the molecule is O=c1cc(-c2cncn2[C@@H]2O[C@H](COCc3ccccc3)[C@@H](OCc3ccccc3)[C@H]2OCc2ccccc2)nc[nH]1.